The second kappa shape index (κ2) is 9.24. The predicted molar refractivity (Wildman–Crippen MR) is 93.0 cm³/mol. The van der Waals surface area contributed by atoms with E-state index < -0.39 is 43.9 Å². The van der Waals surface area contributed by atoms with E-state index in [4.69, 9.17) is 18.7 Å². The first-order valence-corrected chi connectivity index (χ1v) is 9.77. The lowest BCUT2D eigenvalue weighted by Crippen LogP contribution is -2.59. The molecule has 0 saturated carbocycles. The first-order valence-electron chi connectivity index (χ1n) is 8.45. The Balaban J connectivity index is 2.55. The van der Waals surface area contributed by atoms with E-state index in [-0.39, 0.29) is 25.4 Å². The largest absolute Gasteiger partial charge is 0.387 e. The second-order valence-corrected chi connectivity index (χ2v) is 10.6. The molecule has 0 aliphatic carbocycles. The van der Waals surface area contributed by atoms with E-state index in [9.17, 15) is 19.9 Å². The van der Waals surface area contributed by atoms with Crippen LogP contribution in [0.2, 0.25) is 0 Å². The Kier molecular flexibility index (Phi) is 8.50. The van der Waals surface area contributed by atoms with E-state index >= 15 is 0 Å². The van der Waals surface area contributed by atoms with Gasteiger partial charge in [0.05, 0.1) is 25.4 Å². The standard InChI is InChI=1S/C16H33O8P/c1-15(2,3)22-8-7-21-14-13(19)12(18)11(17)10(24-14)9-23-25(20)16(4,5)6/h10-14,17-19,25H,7-9H2,1-6H3. The molecule has 0 radical (unpaired) electrons. The molecule has 6 atom stereocenters. The fraction of sp³-hybridized carbons (Fsp3) is 1.00. The van der Waals surface area contributed by atoms with E-state index in [1.54, 1.807) is 20.8 Å². The molecule has 25 heavy (non-hydrogen) atoms. The first-order chi connectivity index (χ1) is 11.3. The van der Waals surface area contributed by atoms with Crippen LogP contribution in [0.5, 0.6) is 0 Å². The minimum atomic E-state index is -2.36. The molecule has 8 nitrogen and oxygen atoms in total. The summed E-state index contributed by atoms with van der Waals surface area (Å²) in [6.07, 6.45) is -6.31. The minimum absolute atomic E-state index is 0.147. The normalized spacial score (nSPS) is 32.6. The van der Waals surface area contributed by atoms with E-state index in [1.807, 2.05) is 20.8 Å². The summed E-state index contributed by atoms with van der Waals surface area (Å²) in [4.78, 5) is 0. The lowest BCUT2D eigenvalue weighted by molar-refractivity contribution is -0.302. The monoisotopic (exact) mass is 384 g/mol. The Morgan fingerprint density at radius 2 is 1.56 bits per heavy atom. The van der Waals surface area contributed by atoms with Crippen molar-refractivity contribution in [1.82, 2.24) is 0 Å². The van der Waals surface area contributed by atoms with Crippen molar-refractivity contribution < 1.29 is 38.6 Å². The van der Waals surface area contributed by atoms with Crippen LogP contribution in [0.15, 0.2) is 0 Å². The van der Waals surface area contributed by atoms with Crippen molar-refractivity contribution in [1.29, 1.82) is 0 Å². The van der Waals surface area contributed by atoms with Gasteiger partial charge in [-0.2, -0.15) is 0 Å². The summed E-state index contributed by atoms with van der Waals surface area (Å²) >= 11 is 0. The van der Waals surface area contributed by atoms with Crippen LogP contribution in [-0.2, 0) is 23.3 Å². The van der Waals surface area contributed by atoms with Crippen molar-refractivity contribution in [3.63, 3.8) is 0 Å². The summed E-state index contributed by atoms with van der Waals surface area (Å²) in [7, 11) is -2.36. The zero-order valence-electron chi connectivity index (χ0n) is 15.9. The lowest BCUT2D eigenvalue weighted by Gasteiger charge is -2.40. The molecule has 0 aromatic carbocycles. The maximum atomic E-state index is 12.0. The topological polar surface area (TPSA) is 115 Å². The Hall–Kier alpha value is -0.0500. The molecule has 1 fully saturated rings. The summed E-state index contributed by atoms with van der Waals surface area (Å²) in [6, 6.07) is 0. The SMILES string of the molecule is CC(C)(C)OCCOC1OC(CO[PH](=O)C(C)(C)C)C(O)C(O)C1O. The number of aliphatic hydroxyl groups is 3. The van der Waals surface area contributed by atoms with Crippen LogP contribution >= 0.6 is 8.03 Å². The van der Waals surface area contributed by atoms with Crippen molar-refractivity contribution in [3.8, 4) is 0 Å². The van der Waals surface area contributed by atoms with Gasteiger partial charge in [-0.15, -0.1) is 0 Å². The number of ether oxygens (including phenoxy) is 3. The Bertz CT molecular complexity index is 431. The maximum absolute atomic E-state index is 12.0. The highest BCUT2D eigenvalue weighted by atomic mass is 31.1. The first kappa shape index (κ1) is 23.0. The van der Waals surface area contributed by atoms with Crippen LogP contribution < -0.4 is 0 Å². The molecule has 1 aliphatic heterocycles. The van der Waals surface area contributed by atoms with Crippen molar-refractivity contribution in [2.24, 2.45) is 0 Å². The third-order valence-electron chi connectivity index (χ3n) is 3.56. The number of aliphatic hydroxyl groups excluding tert-OH is 3. The zero-order valence-corrected chi connectivity index (χ0v) is 16.9. The van der Waals surface area contributed by atoms with Gasteiger partial charge in [-0.25, -0.2) is 0 Å². The highest BCUT2D eigenvalue weighted by Crippen LogP contribution is 2.39. The molecule has 1 heterocycles. The van der Waals surface area contributed by atoms with Gasteiger partial charge in [-0.3, -0.25) is 4.57 Å². The molecule has 0 aromatic heterocycles. The molecule has 1 rings (SSSR count). The van der Waals surface area contributed by atoms with Gasteiger partial charge in [0.2, 0.25) is 0 Å². The average Bonchev–Trinajstić information content (AvgIpc) is 2.47. The van der Waals surface area contributed by atoms with Crippen LogP contribution in [-0.4, -0.2) is 76.6 Å². The Morgan fingerprint density at radius 1 is 0.960 bits per heavy atom. The van der Waals surface area contributed by atoms with Crippen LogP contribution in [0.1, 0.15) is 41.5 Å². The van der Waals surface area contributed by atoms with E-state index in [1.165, 1.54) is 0 Å². The van der Waals surface area contributed by atoms with Crippen LogP contribution in [0.25, 0.3) is 0 Å². The molecule has 0 amide bonds. The molecule has 6 unspecified atom stereocenters. The highest BCUT2D eigenvalue weighted by molar-refractivity contribution is 7.41. The average molecular weight is 384 g/mol. The van der Waals surface area contributed by atoms with Crippen molar-refractivity contribution in [2.45, 2.75) is 83.0 Å². The minimum Gasteiger partial charge on any atom is -0.387 e. The Morgan fingerprint density at radius 3 is 2.08 bits per heavy atom. The molecule has 150 valence electrons. The summed E-state index contributed by atoms with van der Waals surface area (Å²) in [5.41, 5.74) is -0.318. The van der Waals surface area contributed by atoms with Crippen LogP contribution in [0, 0.1) is 0 Å². The van der Waals surface area contributed by atoms with Gasteiger partial charge in [-0.1, -0.05) is 20.8 Å². The van der Waals surface area contributed by atoms with E-state index in [0.29, 0.717) is 0 Å². The number of hydrogen-bond donors (Lipinski definition) is 3. The van der Waals surface area contributed by atoms with Gasteiger partial charge in [-0.05, 0) is 20.8 Å². The third-order valence-corrected chi connectivity index (χ3v) is 5.21. The smallest absolute Gasteiger partial charge is 0.196 e. The summed E-state index contributed by atoms with van der Waals surface area (Å²) < 4.78 is 33.7. The molecule has 0 aromatic rings. The van der Waals surface area contributed by atoms with Crippen molar-refractivity contribution >= 4 is 8.03 Å². The summed E-state index contributed by atoms with van der Waals surface area (Å²) in [6.45, 7) is 11.3. The van der Waals surface area contributed by atoms with Crippen LogP contribution in [0.3, 0.4) is 0 Å². The molecule has 0 bridgehead atoms. The van der Waals surface area contributed by atoms with Gasteiger partial charge in [0.1, 0.15) is 24.4 Å². The molecule has 0 spiro atoms. The fourth-order valence-electron chi connectivity index (χ4n) is 2.08. The third kappa shape index (κ3) is 7.61. The van der Waals surface area contributed by atoms with Gasteiger partial charge < -0.3 is 34.1 Å². The van der Waals surface area contributed by atoms with Crippen molar-refractivity contribution in [2.75, 3.05) is 19.8 Å². The van der Waals surface area contributed by atoms with Gasteiger partial charge >= 0.3 is 0 Å². The molecule has 3 N–H and O–H groups in total. The maximum Gasteiger partial charge on any atom is 0.196 e. The molecule has 1 aliphatic rings. The summed E-state index contributed by atoms with van der Waals surface area (Å²) in [5.74, 6) is 0. The van der Waals surface area contributed by atoms with Crippen molar-refractivity contribution in [3.05, 3.63) is 0 Å². The zero-order chi connectivity index (χ0) is 19.4. The second-order valence-electron chi connectivity index (χ2n) is 8.19. The molecule has 9 heteroatoms. The predicted octanol–water partition coefficient (Wildman–Crippen LogP) is 0.915. The molecule has 1 saturated heterocycles. The quantitative estimate of drug-likeness (QED) is 0.438. The fourth-order valence-corrected chi connectivity index (χ4v) is 2.83. The molecular weight excluding hydrogens is 351 g/mol. The van der Waals surface area contributed by atoms with E-state index in [0.717, 1.165) is 0 Å². The number of hydrogen-bond acceptors (Lipinski definition) is 8. The van der Waals surface area contributed by atoms with Gasteiger partial charge in [0.25, 0.3) is 0 Å². The summed E-state index contributed by atoms with van der Waals surface area (Å²) in [5, 5.41) is 29.5. The van der Waals surface area contributed by atoms with Gasteiger partial charge in [0, 0.05) is 5.16 Å². The molecular formula is C16H33O8P. The Labute approximate surface area is 150 Å². The van der Waals surface area contributed by atoms with Crippen LogP contribution in [0.4, 0.5) is 0 Å². The van der Waals surface area contributed by atoms with E-state index in [2.05, 4.69) is 0 Å². The lowest BCUT2D eigenvalue weighted by atomic mass is 9.99. The van der Waals surface area contributed by atoms with Gasteiger partial charge in [0.15, 0.2) is 14.3 Å². The highest BCUT2D eigenvalue weighted by Gasteiger charge is 2.44. The number of rotatable bonds is 7.